The smallest absolute Gasteiger partial charge is 0.0462 e. The Morgan fingerprint density at radius 2 is 1.56 bits per heavy atom. The van der Waals surface area contributed by atoms with E-state index in [1.807, 2.05) is 36.4 Å². The van der Waals surface area contributed by atoms with Crippen molar-refractivity contribution in [2.24, 2.45) is 0 Å². The van der Waals surface area contributed by atoms with Crippen LogP contribution in [-0.4, -0.2) is 0 Å². The van der Waals surface area contributed by atoms with Crippen molar-refractivity contribution in [3.05, 3.63) is 48.5 Å². The molecule has 4 N–H and O–H groups in total. The van der Waals surface area contributed by atoms with Gasteiger partial charge in [0.1, 0.15) is 0 Å². The average molecular weight is 248 g/mol. The first-order valence-corrected chi connectivity index (χ1v) is 6.95. The Kier molecular flexibility index (Phi) is 3.64. The standard InChI is InChI=1S/C12H12N2S2/c13-9-6-7-11(14)12(8-9)16-15-10-4-2-1-3-5-10/h1-8H,13-14H2. The molecule has 2 aromatic carbocycles. The molecule has 0 atom stereocenters. The zero-order valence-electron chi connectivity index (χ0n) is 8.59. The van der Waals surface area contributed by atoms with E-state index in [9.17, 15) is 0 Å². The molecule has 0 spiro atoms. The summed E-state index contributed by atoms with van der Waals surface area (Å²) < 4.78 is 0. The molecule has 0 aromatic heterocycles. The van der Waals surface area contributed by atoms with Crippen LogP contribution in [0.4, 0.5) is 11.4 Å². The summed E-state index contributed by atoms with van der Waals surface area (Å²) in [4.78, 5) is 2.21. The van der Waals surface area contributed by atoms with E-state index in [1.165, 1.54) is 4.90 Å². The molecule has 82 valence electrons. The number of hydrogen-bond acceptors (Lipinski definition) is 4. The van der Waals surface area contributed by atoms with Crippen molar-refractivity contribution in [2.75, 3.05) is 11.5 Å². The molecule has 2 aromatic rings. The second-order valence-electron chi connectivity index (χ2n) is 3.28. The summed E-state index contributed by atoms with van der Waals surface area (Å²) in [5, 5.41) is 0. The van der Waals surface area contributed by atoms with E-state index in [2.05, 4.69) is 12.1 Å². The van der Waals surface area contributed by atoms with Crippen LogP contribution in [0.3, 0.4) is 0 Å². The van der Waals surface area contributed by atoms with E-state index in [4.69, 9.17) is 11.5 Å². The van der Waals surface area contributed by atoms with Crippen molar-refractivity contribution >= 4 is 33.0 Å². The maximum Gasteiger partial charge on any atom is 0.0462 e. The van der Waals surface area contributed by atoms with Crippen molar-refractivity contribution in [3.8, 4) is 0 Å². The lowest BCUT2D eigenvalue weighted by atomic mass is 10.3. The molecule has 0 aliphatic carbocycles. The minimum atomic E-state index is 0.741. The van der Waals surface area contributed by atoms with Gasteiger partial charge in [-0.15, -0.1) is 0 Å². The van der Waals surface area contributed by atoms with Gasteiger partial charge in [0.05, 0.1) is 0 Å². The van der Waals surface area contributed by atoms with E-state index in [-0.39, 0.29) is 0 Å². The molecule has 16 heavy (non-hydrogen) atoms. The highest BCUT2D eigenvalue weighted by atomic mass is 33.1. The fraction of sp³-hybridized carbons (Fsp3) is 0. The van der Waals surface area contributed by atoms with Crippen LogP contribution in [0.5, 0.6) is 0 Å². The molecule has 0 saturated carbocycles. The van der Waals surface area contributed by atoms with Gasteiger partial charge in [-0.05, 0) is 30.3 Å². The second kappa shape index (κ2) is 5.18. The molecule has 0 radical (unpaired) electrons. The predicted molar refractivity (Wildman–Crippen MR) is 73.4 cm³/mol. The zero-order valence-corrected chi connectivity index (χ0v) is 10.2. The minimum Gasteiger partial charge on any atom is -0.399 e. The van der Waals surface area contributed by atoms with E-state index < -0.39 is 0 Å². The van der Waals surface area contributed by atoms with Gasteiger partial charge in [0, 0.05) is 21.2 Å². The lowest BCUT2D eigenvalue weighted by molar-refractivity contribution is 1.46. The molecule has 0 aliphatic heterocycles. The van der Waals surface area contributed by atoms with E-state index in [1.54, 1.807) is 21.6 Å². The first-order chi connectivity index (χ1) is 7.75. The van der Waals surface area contributed by atoms with Crippen LogP contribution in [-0.2, 0) is 0 Å². The maximum atomic E-state index is 5.86. The molecular weight excluding hydrogens is 236 g/mol. The van der Waals surface area contributed by atoms with Crippen LogP contribution < -0.4 is 11.5 Å². The summed E-state index contributed by atoms with van der Waals surface area (Å²) in [5.41, 5.74) is 13.1. The number of benzene rings is 2. The molecule has 2 nitrogen and oxygen atoms in total. The predicted octanol–water partition coefficient (Wildman–Crippen LogP) is 3.65. The van der Waals surface area contributed by atoms with Gasteiger partial charge in [-0.25, -0.2) is 0 Å². The Bertz CT molecular complexity index is 472. The maximum absolute atomic E-state index is 5.86. The lowest BCUT2D eigenvalue weighted by Crippen LogP contribution is -1.90. The molecule has 0 saturated heterocycles. The highest BCUT2D eigenvalue weighted by Crippen LogP contribution is 2.40. The zero-order chi connectivity index (χ0) is 11.4. The highest BCUT2D eigenvalue weighted by Gasteiger charge is 2.02. The second-order valence-corrected chi connectivity index (χ2v) is 5.52. The van der Waals surface area contributed by atoms with Gasteiger partial charge in [0.2, 0.25) is 0 Å². The first-order valence-electron chi connectivity index (χ1n) is 4.80. The SMILES string of the molecule is Nc1ccc(N)c(SSc2ccccc2)c1. The first kappa shape index (κ1) is 11.2. The van der Waals surface area contributed by atoms with Crippen LogP contribution in [0.25, 0.3) is 0 Å². The highest BCUT2D eigenvalue weighted by molar-refractivity contribution is 8.76. The lowest BCUT2D eigenvalue weighted by Gasteiger charge is -2.05. The summed E-state index contributed by atoms with van der Waals surface area (Å²) >= 11 is 0. The molecule has 0 amide bonds. The van der Waals surface area contributed by atoms with E-state index in [0.717, 1.165) is 16.3 Å². The summed E-state index contributed by atoms with van der Waals surface area (Å²) in [6, 6.07) is 15.7. The van der Waals surface area contributed by atoms with Gasteiger partial charge in [0.25, 0.3) is 0 Å². The van der Waals surface area contributed by atoms with Crippen LogP contribution in [0.1, 0.15) is 0 Å². The number of hydrogen-bond donors (Lipinski definition) is 2. The van der Waals surface area contributed by atoms with Crippen molar-refractivity contribution in [1.82, 2.24) is 0 Å². The van der Waals surface area contributed by atoms with Crippen molar-refractivity contribution in [1.29, 1.82) is 0 Å². The molecule has 0 unspecified atom stereocenters. The summed E-state index contributed by atoms with van der Waals surface area (Å²) in [6.07, 6.45) is 0. The molecular formula is C12H12N2S2. The molecule has 4 heteroatoms. The normalized spacial score (nSPS) is 10.2. The number of nitrogen functional groups attached to an aromatic ring is 2. The summed E-state index contributed by atoms with van der Waals surface area (Å²) in [5.74, 6) is 0. The van der Waals surface area contributed by atoms with Gasteiger partial charge < -0.3 is 11.5 Å². The molecule has 0 bridgehead atoms. The molecule has 0 fully saturated rings. The Hall–Kier alpha value is -1.26. The van der Waals surface area contributed by atoms with Gasteiger partial charge in [-0.2, -0.15) is 0 Å². The van der Waals surface area contributed by atoms with Crippen LogP contribution >= 0.6 is 21.6 Å². The fourth-order valence-electron chi connectivity index (χ4n) is 1.19. The van der Waals surface area contributed by atoms with Crippen molar-refractivity contribution in [2.45, 2.75) is 9.79 Å². The summed E-state index contributed by atoms with van der Waals surface area (Å²) in [7, 11) is 3.30. The van der Waals surface area contributed by atoms with Crippen LogP contribution in [0, 0.1) is 0 Å². The van der Waals surface area contributed by atoms with Crippen molar-refractivity contribution in [3.63, 3.8) is 0 Å². The summed E-state index contributed by atoms with van der Waals surface area (Å²) in [6.45, 7) is 0. The van der Waals surface area contributed by atoms with Gasteiger partial charge >= 0.3 is 0 Å². The van der Waals surface area contributed by atoms with Crippen LogP contribution in [0.15, 0.2) is 58.3 Å². The van der Waals surface area contributed by atoms with Gasteiger partial charge in [-0.1, -0.05) is 39.8 Å². The number of nitrogens with two attached hydrogens (primary N) is 2. The quantitative estimate of drug-likeness (QED) is 0.643. The third kappa shape index (κ3) is 2.87. The van der Waals surface area contributed by atoms with Gasteiger partial charge in [0.15, 0.2) is 0 Å². The van der Waals surface area contributed by atoms with Crippen LogP contribution in [0.2, 0.25) is 0 Å². The Balaban J connectivity index is 2.08. The van der Waals surface area contributed by atoms with Crippen molar-refractivity contribution < 1.29 is 0 Å². The molecule has 0 heterocycles. The van der Waals surface area contributed by atoms with E-state index in [0.29, 0.717) is 0 Å². The largest absolute Gasteiger partial charge is 0.399 e. The fourth-order valence-corrected chi connectivity index (χ4v) is 3.32. The minimum absolute atomic E-state index is 0.741. The van der Waals surface area contributed by atoms with Gasteiger partial charge in [-0.3, -0.25) is 0 Å². The Morgan fingerprint density at radius 1 is 0.812 bits per heavy atom. The Morgan fingerprint density at radius 3 is 2.31 bits per heavy atom. The van der Waals surface area contributed by atoms with E-state index >= 15 is 0 Å². The Labute approximate surface area is 103 Å². The number of anilines is 2. The molecule has 0 aliphatic rings. The number of rotatable bonds is 3. The third-order valence-electron chi connectivity index (χ3n) is 2.01. The molecule has 2 rings (SSSR count). The average Bonchev–Trinajstić information content (AvgIpc) is 2.32. The topological polar surface area (TPSA) is 52.0 Å². The monoisotopic (exact) mass is 248 g/mol. The third-order valence-corrected chi connectivity index (χ3v) is 4.46.